The van der Waals surface area contributed by atoms with Crippen LogP contribution >= 0.6 is 39.1 Å². The second-order valence-electron chi connectivity index (χ2n) is 8.04. The predicted octanol–water partition coefficient (Wildman–Crippen LogP) is 6.66. The number of rotatable bonds is 8. The van der Waals surface area contributed by atoms with E-state index in [2.05, 4.69) is 36.6 Å². The van der Waals surface area contributed by atoms with E-state index in [4.69, 9.17) is 37.1 Å². The number of H-pyrrole nitrogens is 1. The van der Waals surface area contributed by atoms with Crippen LogP contribution in [-0.4, -0.2) is 38.5 Å². The lowest BCUT2D eigenvalue weighted by Crippen LogP contribution is -2.25. The molecule has 2 heterocycles. The lowest BCUT2D eigenvalue weighted by Gasteiger charge is -2.17. The van der Waals surface area contributed by atoms with Crippen molar-refractivity contribution in [2.45, 2.75) is 13.2 Å². The van der Waals surface area contributed by atoms with Crippen LogP contribution in [0.1, 0.15) is 21.9 Å². The molecule has 37 heavy (non-hydrogen) atoms. The molecule has 0 radical (unpaired) electrons. The smallest absolute Gasteiger partial charge is 0.290 e. The van der Waals surface area contributed by atoms with Crippen LogP contribution in [0.15, 0.2) is 69.6 Å². The fraction of sp³-hybridized carbons (Fsp3) is 0.120. The van der Waals surface area contributed by atoms with E-state index in [1.807, 2.05) is 30.3 Å². The molecule has 0 aliphatic heterocycles. The largest absolute Gasteiger partial charge is 0.484 e. The van der Waals surface area contributed by atoms with Crippen LogP contribution < -0.4 is 9.47 Å². The highest BCUT2D eigenvalue weighted by atomic mass is 79.9. The van der Waals surface area contributed by atoms with Crippen molar-refractivity contribution in [2.75, 3.05) is 7.05 Å². The molecule has 0 atom stereocenters. The Balaban J connectivity index is 1.25. The molecule has 0 saturated heterocycles. The van der Waals surface area contributed by atoms with Gasteiger partial charge in [-0.25, -0.2) is 0 Å². The summed E-state index contributed by atoms with van der Waals surface area (Å²) in [5, 5.41) is 16.5. The predicted molar refractivity (Wildman–Crippen MR) is 141 cm³/mol. The normalized spacial score (nSPS) is 11.0. The molecule has 5 aromatic rings. The summed E-state index contributed by atoms with van der Waals surface area (Å²) in [5.41, 5.74) is 0.951. The number of carbonyl (C=O) groups excluding carboxylic acids is 1. The number of amides is 1. The van der Waals surface area contributed by atoms with Crippen molar-refractivity contribution in [3.05, 3.63) is 92.3 Å². The molecule has 5 rings (SSSR count). The van der Waals surface area contributed by atoms with Gasteiger partial charge in [-0.2, -0.15) is 5.21 Å². The first-order valence-corrected chi connectivity index (χ1v) is 12.5. The van der Waals surface area contributed by atoms with Crippen LogP contribution in [-0.2, 0) is 13.2 Å². The van der Waals surface area contributed by atoms with E-state index in [1.54, 1.807) is 42.3 Å². The summed E-state index contributed by atoms with van der Waals surface area (Å²) in [6.07, 6.45) is 0. The minimum atomic E-state index is -0.287. The third-order valence-electron chi connectivity index (χ3n) is 5.34. The molecule has 0 aliphatic carbocycles. The number of fused-ring (bicyclic) bond motifs is 1. The van der Waals surface area contributed by atoms with E-state index < -0.39 is 0 Å². The Bertz CT molecular complexity index is 1550. The molecule has 188 valence electrons. The molecular formula is C25H18BrCl2N5O4. The molecule has 0 bridgehead atoms. The first kappa shape index (κ1) is 25.1. The molecule has 1 amide bonds. The summed E-state index contributed by atoms with van der Waals surface area (Å²) >= 11 is 15.6. The highest BCUT2D eigenvalue weighted by Crippen LogP contribution is 2.34. The van der Waals surface area contributed by atoms with E-state index >= 15 is 0 Å². The van der Waals surface area contributed by atoms with Crippen LogP contribution in [0.2, 0.25) is 10.0 Å². The number of halogens is 3. The maximum atomic E-state index is 12.9. The number of aromatic amines is 1. The third kappa shape index (κ3) is 5.87. The molecule has 0 unspecified atom stereocenters. The highest BCUT2D eigenvalue weighted by Gasteiger charge is 2.18. The standard InChI is InChI=1S/C25H18BrCl2N5O4/c1-33(25(34)21-6-7-23(37-21)36-18-10-16(27)9-17(28)11-18)12-14-2-4-19-15(8-14)3-5-20(24(19)26)35-13-22-29-31-32-30-22/h2-11H,12-13H2,1H3,(H,29,30,31,32). The van der Waals surface area contributed by atoms with E-state index in [1.165, 1.54) is 0 Å². The van der Waals surface area contributed by atoms with E-state index in [0.29, 0.717) is 33.9 Å². The Morgan fingerprint density at radius 3 is 2.65 bits per heavy atom. The van der Waals surface area contributed by atoms with Gasteiger partial charge in [0.15, 0.2) is 12.4 Å². The molecule has 2 aromatic heterocycles. The molecule has 1 N–H and O–H groups in total. The maximum Gasteiger partial charge on any atom is 0.290 e. The minimum absolute atomic E-state index is 0.151. The van der Waals surface area contributed by atoms with E-state index in [0.717, 1.165) is 20.8 Å². The van der Waals surface area contributed by atoms with Gasteiger partial charge in [-0.05, 0) is 68.7 Å². The lowest BCUT2D eigenvalue weighted by atomic mass is 10.1. The fourth-order valence-corrected chi connectivity index (χ4v) is 4.76. The molecule has 9 nitrogen and oxygen atoms in total. The van der Waals surface area contributed by atoms with Crippen molar-refractivity contribution < 1.29 is 18.7 Å². The molecule has 0 saturated carbocycles. The third-order valence-corrected chi connectivity index (χ3v) is 6.60. The minimum Gasteiger partial charge on any atom is -0.484 e. The Morgan fingerprint density at radius 2 is 1.89 bits per heavy atom. The zero-order valence-corrected chi connectivity index (χ0v) is 22.3. The number of benzene rings is 3. The Hall–Kier alpha value is -3.60. The molecule has 0 aliphatic rings. The maximum absolute atomic E-state index is 12.9. The number of hydrogen-bond acceptors (Lipinski definition) is 7. The van der Waals surface area contributed by atoms with Gasteiger partial charge in [-0.15, -0.1) is 10.2 Å². The number of furan rings is 1. The van der Waals surface area contributed by atoms with E-state index in [9.17, 15) is 4.79 Å². The van der Waals surface area contributed by atoms with Crippen molar-refractivity contribution >= 4 is 55.8 Å². The van der Waals surface area contributed by atoms with Gasteiger partial charge in [0, 0.05) is 29.7 Å². The zero-order chi connectivity index (χ0) is 25.9. The summed E-state index contributed by atoms with van der Waals surface area (Å²) < 4.78 is 17.9. The quantitative estimate of drug-likeness (QED) is 0.212. The van der Waals surface area contributed by atoms with Gasteiger partial charge in [-0.1, -0.05) is 46.6 Å². The first-order chi connectivity index (χ1) is 17.9. The van der Waals surface area contributed by atoms with Crippen molar-refractivity contribution in [1.29, 1.82) is 0 Å². The summed E-state index contributed by atoms with van der Waals surface area (Å²) in [6, 6.07) is 17.7. The number of nitrogens with zero attached hydrogens (tertiary/aromatic N) is 4. The Kier molecular flexibility index (Phi) is 7.31. The SMILES string of the molecule is CN(Cc1ccc2c(Br)c(OCc3nn[nH]n3)ccc2c1)C(=O)c1ccc(Oc2cc(Cl)cc(Cl)c2)o1. The highest BCUT2D eigenvalue weighted by molar-refractivity contribution is 9.10. The van der Waals surface area contributed by atoms with Crippen LogP contribution in [0.4, 0.5) is 0 Å². The number of nitrogens with one attached hydrogen (secondary N) is 1. The fourth-order valence-electron chi connectivity index (χ4n) is 3.64. The second kappa shape index (κ2) is 10.8. The Morgan fingerprint density at radius 1 is 1.08 bits per heavy atom. The van der Waals surface area contributed by atoms with Crippen molar-refractivity contribution in [3.8, 4) is 17.4 Å². The van der Waals surface area contributed by atoms with Gasteiger partial charge < -0.3 is 18.8 Å². The summed E-state index contributed by atoms with van der Waals surface area (Å²) in [5.74, 6) is 1.54. The second-order valence-corrected chi connectivity index (χ2v) is 9.70. The van der Waals surface area contributed by atoms with Crippen molar-refractivity contribution in [3.63, 3.8) is 0 Å². The summed E-state index contributed by atoms with van der Waals surface area (Å²) in [4.78, 5) is 14.5. The van der Waals surface area contributed by atoms with Crippen molar-refractivity contribution in [2.24, 2.45) is 0 Å². The number of tetrazole rings is 1. The number of aromatic nitrogens is 4. The average molecular weight is 603 g/mol. The van der Waals surface area contributed by atoms with Gasteiger partial charge >= 0.3 is 0 Å². The Labute approximate surface area is 229 Å². The van der Waals surface area contributed by atoms with Gasteiger partial charge in [0.25, 0.3) is 11.9 Å². The lowest BCUT2D eigenvalue weighted by molar-refractivity contribution is 0.0748. The van der Waals surface area contributed by atoms with Gasteiger partial charge in [-0.3, -0.25) is 4.79 Å². The van der Waals surface area contributed by atoms with Crippen LogP contribution in [0.3, 0.4) is 0 Å². The molecule has 12 heteroatoms. The van der Waals surface area contributed by atoms with Gasteiger partial charge in [0.05, 0.1) is 4.47 Å². The van der Waals surface area contributed by atoms with Gasteiger partial charge in [0.1, 0.15) is 11.5 Å². The molecular weight excluding hydrogens is 585 g/mol. The molecule has 0 fully saturated rings. The average Bonchev–Trinajstić information content (AvgIpc) is 3.55. The number of hydrogen-bond donors (Lipinski definition) is 1. The summed E-state index contributed by atoms with van der Waals surface area (Å²) in [6.45, 7) is 0.571. The summed E-state index contributed by atoms with van der Waals surface area (Å²) in [7, 11) is 1.71. The zero-order valence-electron chi connectivity index (χ0n) is 19.2. The van der Waals surface area contributed by atoms with E-state index in [-0.39, 0.29) is 24.2 Å². The topological polar surface area (TPSA) is 106 Å². The number of ether oxygens (including phenoxy) is 2. The first-order valence-electron chi connectivity index (χ1n) is 10.9. The molecule has 0 spiro atoms. The van der Waals surface area contributed by atoms with Crippen molar-refractivity contribution in [1.82, 2.24) is 25.5 Å². The van der Waals surface area contributed by atoms with Crippen LogP contribution in [0, 0.1) is 0 Å². The van der Waals surface area contributed by atoms with Gasteiger partial charge in [0.2, 0.25) is 5.82 Å². The monoisotopic (exact) mass is 601 g/mol. The van der Waals surface area contributed by atoms with Crippen LogP contribution in [0.25, 0.3) is 10.8 Å². The van der Waals surface area contributed by atoms with Crippen LogP contribution in [0.5, 0.6) is 17.4 Å². The number of carbonyl (C=O) groups is 1. The molecule has 3 aromatic carbocycles.